The molecule has 0 aromatic carbocycles. The molecule has 1 rings (SSSR count). The van der Waals surface area contributed by atoms with Gasteiger partial charge in [0.15, 0.2) is 0 Å². The van der Waals surface area contributed by atoms with Crippen LogP contribution in [0.15, 0.2) is 0 Å². The second-order valence-electron chi connectivity index (χ2n) is 5.26. The van der Waals surface area contributed by atoms with Gasteiger partial charge in [-0.05, 0) is 31.1 Å². The Bertz CT molecular complexity index is 323. The van der Waals surface area contributed by atoms with Crippen molar-refractivity contribution in [3.63, 3.8) is 0 Å². The van der Waals surface area contributed by atoms with Crippen LogP contribution in [0.2, 0.25) is 0 Å². The molecule has 0 aliphatic carbocycles. The van der Waals surface area contributed by atoms with Crippen molar-refractivity contribution in [2.24, 2.45) is 11.8 Å². The molecule has 0 aromatic heterocycles. The van der Waals surface area contributed by atoms with Crippen molar-refractivity contribution in [1.29, 1.82) is 0 Å². The molecule has 0 radical (unpaired) electrons. The van der Waals surface area contributed by atoms with Gasteiger partial charge < -0.3 is 0 Å². The van der Waals surface area contributed by atoms with Crippen molar-refractivity contribution in [2.45, 2.75) is 65.6 Å². The highest BCUT2D eigenvalue weighted by atomic mass is 32.3. The second-order valence-corrected chi connectivity index (χ2v) is 6.47. The topological polar surface area (TPSA) is 52.6 Å². The summed E-state index contributed by atoms with van der Waals surface area (Å²) >= 11 is 0. The molecular formula is C12H24O4S. The lowest BCUT2D eigenvalue weighted by atomic mass is 9.93. The van der Waals surface area contributed by atoms with E-state index in [0.29, 0.717) is 0 Å². The fourth-order valence-corrected chi connectivity index (χ4v) is 3.47. The lowest BCUT2D eigenvalue weighted by Crippen LogP contribution is -2.24. The van der Waals surface area contributed by atoms with Gasteiger partial charge in [-0.15, -0.1) is 0 Å². The van der Waals surface area contributed by atoms with Crippen LogP contribution in [-0.2, 0) is 18.8 Å². The molecule has 5 heteroatoms. The quantitative estimate of drug-likeness (QED) is 0.783. The number of hydrogen-bond donors (Lipinski definition) is 0. The molecule has 0 bridgehead atoms. The highest BCUT2D eigenvalue weighted by molar-refractivity contribution is 7.81. The third-order valence-electron chi connectivity index (χ3n) is 3.34. The first kappa shape index (κ1) is 14.9. The van der Waals surface area contributed by atoms with E-state index in [1.54, 1.807) is 0 Å². The first-order chi connectivity index (χ1) is 7.85. The molecular weight excluding hydrogens is 240 g/mol. The van der Waals surface area contributed by atoms with Crippen LogP contribution < -0.4 is 0 Å². The second kappa shape index (κ2) is 6.16. The summed E-state index contributed by atoms with van der Waals surface area (Å²) in [5.74, 6) is 0.442. The van der Waals surface area contributed by atoms with Gasteiger partial charge in [0.2, 0.25) is 0 Å². The summed E-state index contributed by atoms with van der Waals surface area (Å²) in [5.41, 5.74) is 0. The Balaban J connectivity index is 2.73. The SMILES string of the molecule is CCC[C@H](C)[C@@H]1CC[C@@H](C(C)C)OS(=O)(=O)O1. The first-order valence-corrected chi connectivity index (χ1v) is 7.80. The zero-order valence-corrected chi connectivity index (χ0v) is 12.0. The molecule has 1 aliphatic rings. The third-order valence-corrected chi connectivity index (χ3v) is 4.31. The van der Waals surface area contributed by atoms with E-state index >= 15 is 0 Å². The average Bonchev–Trinajstić information content (AvgIpc) is 2.37. The fourth-order valence-electron chi connectivity index (χ4n) is 2.22. The lowest BCUT2D eigenvalue weighted by molar-refractivity contribution is 0.117. The molecule has 0 N–H and O–H groups in total. The van der Waals surface area contributed by atoms with Crippen LogP contribution in [0.3, 0.4) is 0 Å². The molecule has 0 amide bonds. The summed E-state index contributed by atoms with van der Waals surface area (Å²) in [4.78, 5) is 0. The van der Waals surface area contributed by atoms with Crippen molar-refractivity contribution in [2.75, 3.05) is 0 Å². The van der Waals surface area contributed by atoms with Crippen LogP contribution in [0.25, 0.3) is 0 Å². The van der Waals surface area contributed by atoms with Gasteiger partial charge in [0, 0.05) is 0 Å². The Kier molecular flexibility index (Phi) is 5.41. The maximum absolute atomic E-state index is 11.7. The zero-order valence-electron chi connectivity index (χ0n) is 11.2. The Morgan fingerprint density at radius 1 is 1.12 bits per heavy atom. The molecule has 1 saturated heterocycles. The molecule has 1 aliphatic heterocycles. The van der Waals surface area contributed by atoms with Crippen LogP contribution in [0.5, 0.6) is 0 Å². The van der Waals surface area contributed by atoms with Crippen LogP contribution in [0.1, 0.15) is 53.4 Å². The first-order valence-electron chi connectivity index (χ1n) is 6.47. The van der Waals surface area contributed by atoms with Gasteiger partial charge in [-0.3, -0.25) is 0 Å². The van der Waals surface area contributed by atoms with E-state index in [4.69, 9.17) is 8.37 Å². The lowest BCUT2D eigenvalue weighted by Gasteiger charge is -2.20. The summed E-state index contributed by atoms with van der Waals surface area (Å²) < 4.78 is 33.5. The molecule has 0 unspecified atom stereocenters. The summed E-state index contributed by atoms with van der Waals surface area (Å²) in [5, 5.41) is 0. The van der Waals surface area contributed by atoms with E-state index in [2.05, 4.69) is 6.92 Å². The molecule has 1 fully saturated rings. The van der Waals surface area contributed by atoms with Crippen LogP contribution in [0, 0.1) is 11.8 Å². The van der Waals surface area contributed by atoms with E-state index in [1.807, 2.05) is 20.8 Å². The average molecular weight is 264 g/mol. The van der Waals surface area contributed by atoms with Crippen molar-refractivity contribution >= 4 is 10.4 Å². The van der Waals surface area contributed by atoms with Gasteiger partial charge in [-0.25, -0.2) is 8.37 Å². The van der Waals surface area contributed by atoms with Gasteiger partial charge in [0.05, 0.1) is 12.2 Å². The standard InChI is InChI=1S/C12H24O4S/c1-5-6-10(4)12-8-7-11(9(2)3)15-17(13,14)16-12/h9-12H,5-8H2,1-4H3/t10-,11-,12-/m0/s1. The van der Waals surface area contributed by atoms with Crippen molar-refractivity contribution in [1.82, 2.24) is 0 Å². The van der Waals surface area contributed by atoms with Gasteiger partial charge >= 0.3 is 10.4 Å². The van der Waals surface area contributed by atoms with Gasteiger partial charge in [-0.2, -0.15) is 8.42 Å². The minimum Gasteiger partial charge on any atom is -0.245 e. The molecule has 17 heavy (non-hydrogen) atoms. The summed E-state index contributed by atoms with van der Waals surface area (Å²) in [6, 6.07) is 0. The predicted molar refractivity (Wildman–Crippen MR) is 66.8 cm³/mol. The Labute approximate surface area is 105 Å². The highest BCUT2D eigenvalue weighted by Crippen LogP contribution is 2.28. The summed E-state index contributed by atoms with van der Waals surface area (Å²) in [6.45, 7) is 8.07. The maximum atomic E-state index is 11.7. The predicted octanol–water partition coefficient (Wildman–Crippen LogP) is 2.89. The molecule has 1 heterocycles. The van der Waals surface area contributed by atoms with Gasteiger partial charge in [0.1, 0.15) is 0 Å². The molecule has 0 saturated carbocycles. The molecule has 0 spiro atoms. The summed E-state index contributed by atoms with van der Waals surface area (Å²) in [6.07, 6.45) is 3.03. The van der Waals surface area contributed by atoms with E-state index in [0.717, 1.165) is 25.7 Å². The van der Waals surface area contributed by atoms with Crippen LogP contribution >= 0.6 is 0 Å². The number of rotatable bonds is 4. The molecule has 0 aromatic rings. The number of hydrogen-bond acceptors (Lipinski definition) is 4. The molecule has 3 atom stereocenters. The zero-order chi connectivity index (χ0) is 13.1. The third kappa shape index (κ3) is 4.56. The molecule has 4 nitrogen and oxygen atoms in total. The van der Waals surface area contributed by atoms with E-state index in [1.165, 1.54) is 0 Å². The van der Waals surface area contributed by atoms with Crippen molar-refractivity contribution in [3.05, 3.63) is 0 Å². The smallest absolute Gasteiger partial charge is 0.245 e. The van der Waals surface area contributed by atoms with E-state index in [-0.39, 0.29) is 24.0 Å². The van der Waals surface area contributed by atoms with E-state index in [9.17, 15) is 8.42 Å². The van der Waals surface area contributed by atoms with Crippen LogP contribution in [0.4, 0.5) is 0 Å². The largest absolute Gasteiger partial charge is 0.400 e. The van der Waals surface area contributed by atoms with Gasteiger partial charge in [-0.1, -0.05) is 34.1 Å². The Morgan fingerprint density at radius 3 is 2.18 bits per heavy atom. The van der Waals surface area contributed by atoms with Crippen molar-refractivity contribution in [3.8, 4) is 0 Å². The molecule has 102 valence electrons. The van der Waals surface area contributed by atoms with Crippen molar-refractivity contribution < 1.29 is 16.8 Å². The summed E-state index contributed by atoms with van der Waals surface area (Å²) in [7, 11) is -3.83. The highest BCUT2D eigenvalue weighted by Gasteiger charge is 2.33. The Morgan fingerprint density at radius 2 is 1.65 bits per heavy atom. The minimum absolute atomic E-state index is 0.189. The normalized spacial score (nSPS) is 31.1. The monoisotopic (exact) mass is 264 g/mol. The fraction of sp³-hybridized carbons (Fsp3) is 1.00. The minimum atomic E-state index is -3.83. The van der Waals surface area contributed by atoms with E-state index < -0.39 is 10.4 Å². The maximum Gasteiger partial charge on any atom is 0.400 e. The van der Waals surface area contributed by atoms with Crippen LogP contribution in [-0.4, -0.2) is 20.6 Å². The Hall–Kier alpha value is -0.130. The van der Waals surface area contributed by atoms with Gasteiger partial charge in [0.25, 0.3) is 0 Å².